The quantitative estimate of drug-likeness (QED) is 0.597. The standard InChI is InChI=1S/C25H25F3N2O4/c1-14-5-20(31)22(29-30(14)19-4-2-3-18(9-19)25(26,27)28)23(33)34-13-21(32)24-10-15-6-16(11-24)8-17(7-15)12-24/h2-5,9,15-17H,6-8,10-13H2,1H3. The summed E-state index contributed by atoms with van der Waals surface area (Å²) in [5, 5.41) is 3.99. The van der Waals surface area contributed by atoms with Crippen molar-refractivity contribution >= 4 is 11.8 Å². The first-order chi connectivity index (χ1) is 16.0. The van der Waals surface area contributed by atoms with Crippen LogP contribution in [0, 0.1) is 30.1 Å². The van der Waals surface area contributed by atoms with Crippen LogP contribution in [0.25, 0.3) is 5.69 Å². The summed E-state index contributed by atoms with van der Waals surface area (Å²) in [7, 11) is 0. The lowest BCUT2D eigenvalue weighted by Crippen LogP contribution is -2.51. The molecule has 0 aliphatic heterocycles. The highest BCUT2D eigenvalue weighted by atomic mass is 19.4. The number of Topliss-reactive ketones (excluding diaryl/α,β-unsaturated/α-hetero) is 1. The van der Waals surface area contributed by atoms with E-state index in [1.54, 1.807) is 0 Å². The van der Waals surface area contributed by atoms with Crippen molar-refractivity contribution in [1.29, 1.82) is 0 Å². The van der Waals surface area contributed by atoms with Gasteiger partial charge in [0.25, 0.3) is 0 Å². The van der Waals surface area contributed by atoms with Crippen LogP contribution in [0.1, 0.15) is 60.3 Å². The highest BCUT2D eigenvalue weighted by Gasteiger charge is 2.54. The zero-order valence-corrected chi connectivity index (χ0v) is 18.7. The van der Waals surface area contributed by atoms with Gasteiger partial charge in [-0.1, -0.05) is 6.07 Å². The summed E-state index contributed by atoms with van der Waals surface area (Å²) in [5.74, 6) is 0.520. The van der Waals surface area contributed by atoms with Gasteiger partial charge < -0.3 is 4.74 Å². The van der Waals surface area contributed by atoms with Crippen LogP contribution in [0.4, 0.5) is 13.2 Å². The van der Waals surface area contributed by atoms with Gasteiger partial charge in [-0.15, -0.1) is 0 Å². The summed E-state index contributed by atoms with van der Waals surface area (Å²) in [4.78, 5) is 38.2. The lowest BCUT2D eigenvalue weighted by atomic mass is 9.48. The number of benzene rings is 1. The van der Waals surface area contributed by atoms with E-state index in [0.29, 0.717) is 17.8 Å². The third kappa shape index (κ3) is 4.05. The van der Waals surface area contributed by atoms with Crippen molar-refractivity contribution in [1.82, 2.24) is 9.78 Å². The van der Waals surface area contributed by atoms with E-state index in [-0.39, 0.29) is 17.2 Å². The van der Waals surface area contributed by atoms with Crippen LogP contribution in [0.2, 0.25) is 0 Å². The zero-order chi connectivity index (χ0) is 24.3. The van der Waals surface area contributed by atoms with Crippen LogP contribution in [-0.4, -0.2) is 28.1 Å². The fourth-order valence-corrected chi connectivity index (χ4v) is 6.57. The second kappa shape index (κ2) is 8.06. The third-order valence-electron chi connectivity index (χ3n) is 7.68. The first-order valence-electron chi connectivity index (χ1n) is 11.5. The monoisotopic (exact) mass is 474 g/mol. The van der Waals surface area contributed by atoms with Crippen LogP contribution in [-0.2, 0) is 15.7 Å². The number of hydrogen-bond donors (Lipinski definition) is 0. The Hall–Kier alpha value is -2.97. The van der Waals surface area contributed by atoms with Crippen LogP contribution in [0.15, 0.2) is 35.1 Å². The Morgan fingerprint density at radius 1 is 1.09 bits per heavy atom. The minimum Gasteiger partial charge on any atom is -0.453 e. The van der Waals surface area contributed by atoms with Crippen LogP contribution < -0.4 is 5.43 Å². The fraction of sp³-hybridized carbons (Fsp3) is 0.520. The predicted octanol–water partition coefficient (Wildman–Crippen LogP) is 4.50. The predicted molar refractivity (Wildman–Crippen MR) is 115 cm³/mol. The van der Waals surface area contributed by atoms with Gasteiger partial charge in [0, 0.05) is 17.2 Å². The van der Waals surface area contributed by atoms with Crippen LogP contribution in [0.5, 0.6) is 0 Å². The molecular weight excluding hydrogens is 449 g/mol. The molecule has 0 saturated heterocycles. The molecule has 0 spiro atoms. The number of aryl methyl sites for hydroxylation is 1. The van der Waals surface area contributed by atoms with E-state index in [9.17, 15) is 27.6 Å². The summed E-state index contributed by atoms with van der Waals surface area (Å²) < 4.78 is 45.7. The number of ketones is 1. The Kier molecular flexibility index (Phi) is 5.41. The lowest BCUT2D eigenvalue weighted by molar-refractivity contribution is -0.147. The smallest absolute Gasteiger partial charge is 0.416 e. The molecule has 4 saturated carbocycles. The van der Waals surface area contributed by atoms with E-state index >= 15 is 0 Å². The molecule has 0 N–H and O–H groups in total. The topological polar surface area (TPSA) is 78.3 Å². The van der Waals surface area contributed by atoms with Gasteiger partial charge in [0.05, 0.1) is 11.3 Å². The number of carbonyl (C=O) groups excluding carboxylic acids is 2. The maximum Gasteiger partial charge on any atom is 0.416 e. The summed E-state index contributed by atoms with van der Waals surface area (Å²) >= 11 is 0. The molecule has 4 aliphatic rings. The Morgan fingerprint density at radius 3 is 2.29 bits per heavy atom. The number of esters is 1. The number of ether oxygens (including phenoxy) is 1. The highest BCUT2D eigenvalue weighted by Crippen LogP contribution is 2.60. The number of carbonyl (C=O) groups is 2. The average Bonchev–Trinajstić information content (AvgIpc) is 2.76. The molecule has 4 aliphatic carbocycles. The molecule has 9 heteroatoms. The lowest BCUT2D eigenvalue weighted by Gasteiger charge is -2.55. The van der Waals surface area contributed by atoms with Gasteiger partial charge in [-0.25, -0.2) is 9.48 Å². The molecule has 0 unspecified atom stereocenters. The van der Waals surface area contributed by atoms with Gasteiger partial charge in [0.15, 0.2) is 12.4 Å². The fourth-order valence-electron chi connectivity index (χ4n) is 6.57. The third-order valence-corrected chi connectivity index (χ3v) is 7.68. The Bertz CT molecular complexity index is 1180. The van der Waals surface area contributed by atoms with Crippen molar-refractivity contribution in [3.8, 4) is 5.69 Å². The molecule has 0 atom stereocenters. The van der Waals surface area contributed by atoms with Gasteiger partial charge in [-0.3, -0.25) is 9.59 Å². The second-order valence-corrected chi connectivity index (χ2v) is 10.2. The summed E-state index contributed by atoms with van der Waals surface area (Å²) in [5.41, 5.74) is -2.30. The van der Waals surface area contributed by atoms with Gasteiger partial charge in [0.2, 0.25) is 11.1 Å². The second-order valence-electron chi connectivity index (χ2n) is 10.2. The largest absolute Gasteiger partial charge is 0.453 e. The van der Waals surface area contributed by atoms with E-state index in [0.717, 1.165) is 42.1 Å². The Balaban J connectivity index is 1.35. The molecule has 6 nitrogen and oxygen atoms in total. The molecule has 1 heterocycles. The van der Waals surface area contributed by atoms with E-state index in [1.807, 2.05) is 0 Å². The van der Waals surface area contributed by atoms with E-state index in [1.165, 1.54) is 38.3 Å². The average molecular weight is 474 g/mol. The zero-order valence-electron chi connectivity index (χ0n) is 18.7. The molecule has 34 heavy (non-hydrogen) atoms. The van der Waals surface area contributed by atoms with Gasteiger partial charge in [-0.05, 0) is 81.4 Å². The molecule has 4 bridgehead atoms. The van der Waals surface area contributed by atoms with Crippen molar-refractivity contribution in [2.24, 2.45) is 23.2 Å². The maximum absolute atomic E-state index is 13.1. The van der Waals surface area contributed by atoms with E-state index in [2.05, 4.69) is 5.10 Å². The van der Waals surface area contributed by atoms with Crippen LogP contribution in [0.3, 0.4) is 0 Å². The van der Waals surface area contributed by atoms with E-state index < -0.39 is 40.9 Å². The van der Waals surface area contributed by atoms with Gasteiger partial charge >= 0.3 is 12.1 Å². The summed E-state index contributed by atoms with van der Waals surface area (Å²) in [6, 6.07) is 5.54. The molecule has 2 aromatic rings. The van der Waals surface area contributed by atoms with Crippen molar-refractivity contribution < 1.29 is 27.5 Å². The molecule has 1 aromatic carbocycles. The molecule has 4 fully saturated rings. The SMILES string of the molecule is Cc1cc(=O)c(C(=O)OCC(=O)C23CC4CC(CC(C4)C2)C3)nn1-c1cccc(C(F)(F)F)c1. The first-order valence-corrected chi connectivity index (χ1v) is 11.5. The molecule has 1 aromatic heterocycles. The van der Waals surface area contributed by atoms with Crippen molar-refractivity contribution in [2.45, 2.75) is 51.6 Å². The number of rotatable bonds is 5. The molecular formula is C25H25F3N2O4. The summed E-state index contributed by atoms with van der Waals surface area (Å²) in [6.07, 6.45) is 1.47. The minimum absolute atomic E-state index is 0.0472. The number of alkyl halides is 3. The van der Waals surface area contributed by atoms with Gasteiger partial charge in [-0.2, -0.15) is 18.3 Å². The number of hydrogen-bond acceptors (Lipinski definition) is 5. The van der Waals surface area contributed by atoms with E-state index in [4.69, 9.17) is 4.74 Å². The summed E-state index contributed by atoms with van der Waals surface area (Å²) in [6.45, 7) is 1.07. The van der Waals surface area contributed by atoms with Crippen LogP contribution >= 0.6 is 0 Å². The molecule has 0 radical (unpaired) electrons. The molecule has 0 amide bonds. The normalized spacial score (nSPS) is 27.6. The Morgan fingerprint density at radius 2 is 1.71 bits per heavy atom. The van der Waals surface area contributed by atoms with Crippen molar-refractivity contribution in [3.63, 3.8) is 0 Å². The highest BCUT2D eigenvalue weighted by molar-refractivity contribution is 5.92. The molecule has 180 valence electrons. The van der Waals surface area contributed by atoms with Crippen molar-refractivity contribution in [3.05, 3.63) is 57.5 Å². The maximum atomic E-state index is 13.1. The Labute approximate surface area is 194 Å². The number of aromatic nitrogens is 2. The molecule has 6 rings (SSSR count). The first kappa shape index (κ1) is 22.8. The van der Waals surface area contributed by atoms with Crippen molar-refractivity contribution in [2.75, 3.05) is 6.61 Å². The number of halogens is 3. The van der Waals surface area contributed by atoms with Gasteiger partial charge in [0.1, 0.15) is 0 Å². The number of nitrogens with zero attached hydrogens (tertiary/aromatic N) is 2. The minimum atomic E-state index is -4.55.